The van der Waals surface area contributed by atoms with Gasteiger partial charge in [0.25, 0.3) is 0 Å². The Morgan fingerprint density at radius 2 is 1.95 bits per heavy atom. The van der Waals surface area contributed by atoms with Crippen molar-refractivity contribution in [3.05, 3.63) is 36.4 Å². The number of primary amides is 1. The van der Waals surface area contributed by atoms with Crippen molar-refractivity contribution in [3.8, 4) is 11.3 Å². The summed E-state index contributed by atoms with van der Waals surface area (Å²) in [6, 6.07) is 11.4. The molecule has 0 saturated carbocycles. The summed E-state index contributed by atoms with van der Waals surface area (Å²) in [6.07, 6.45) is 0.0880. The number of nitrogens with zero attached hydrogens (tertiary/aromatic N) is 1. The van der Waals surface area contributed by atoms with E-state index in [2.05, 4.69) is 15.5 Å². The lowest BCUT2D eigenvalue weighted by Gasteiger charge is -1.99. The Morgan fingerprint density at radius 3 is 2.63 bits per heavy atom. The van der Waals surface area contributed by atoms with Gasteiger partial charge in [0.15, 0.2) is 5.82 Å². The maximum atomic E-state index is 11.5. The van der Waals surface area contributed by atoms with Crippen LogP contribution in [0.25, 0.3) is 11.3 Å². The van der Waals surface area contributed by atoms with Crippen LogP contribution >= 0.6 is 0 Å². The number of H-pyrrole nitrogens is 1. The maximum Gasteiger partial charge on any atom is 0.226 e. The smallest absolute Gasteiger partial charge is 0.226 e. The van der Waals surface area contributed by atoms with Crippen molar-refractivity contribution in [1.29, 1.82) is 0 Å². The fourth-order valence-electron chi connectivity index (χ4n) is 1.59. The monoisotopic (exact) mass is 258 g/mol. The van der Waals surface area contributed by atoms with E-state index < -0.39 is 5.91 Å². The topological polar surface area (TPSA) is 101 Å². The number of nitrogens with one attached hydrogen (secondary N) is 2. The third kappa shape index (κ3) is 3.67. The molecule has 1 heterocycles. The minimum atomic E-state index is -0.498. The fourth-order valence-corrected chi connectivity index (χ4v) is 1.59. The van der Waals surface area contributed by atoms with Crippen LogP contribution in [-0.4, -0.2) is 22.0 Å². The molecule has 0 saturated heterocycles. The molecule has 0 fully saturated rings. The maximum absolute atomic E-state index is 11.5. The second-order valence-corrected chi connectivity index (χ2v) is 4.05. The number of carbonyl (C=O) groups excluding carboxylic acids is 2. The molecule has 0 atom stereocenters. The van der Waals surface area contributed by atoms with Crippen molar-refractivity contribution in [1.82, 2.24) is 10.2 Å². The summed E-state index contributed by atoms with van der Waals surface area (Å²) < 4.78 is 0. The zero-order chi connectivity index (χ0) is 13.7. The highest BCUT2D eigenvalue weighted by Gasteiger charge is 2.08. The minimum Gasteiger partial charge on any atom is -0.370 e. The summed E-state index contributed by atoms with van der Waals surface area (Å²) in [7, 11) is 0. The van der Waals surface area contributed by atoms with Gasteiger partial charge in [-0.05, 0) is 5.56 Å². The van der Waals surface area contributed by atoms with Gasteiger partial charge in [0.05, 0.1) is 5.69 Å². The molecule has 1 aromatic carbocycles. The number of hydrogen-bond donors (Lipinski definition) is 3. The Kier molecular flexibility index (Phi) is 3.92. The second kappa shape index (κ2) is 5.81. The molecule has 0 aliphatic carbocycles. The Balaban J connectivity index is 1.98. The lowest BCUT2D eigenvalue weighted by molar-refractivity contribution is -0.122. The van der Waals surface area contributed by atoms with Crippen LogP contribution in [0.2, 0.25) is 0 Å². The number of anilines is 1. The summed E-state index contributed by atoms with van der Waals surface area (Å²) in [4.78, 5) is 22.1. The van der Waals surface area contributed by atoms with E-state index in [1.807, 2.05) is 30.3 Å². The number of nitrogens with two attached hydrogens (primary N) is 1. The summed E-state index contributed by atoms with van der Waals surface area (Å²) in [5.41, 5.74) is 6.76. The summed E-state index contributed by atoms with van der Waals surface area (Å²) in [6.45, 7) is 0. The van der Waals surface area contributed by atoms with Gasteiger partial charge in [-0.1, -0.05) is 30.3 Å². The Bertz CT molecular complexity index is 577. The third-order valence-electron chi connectivity index (χ3n) is 2.53. The van der Waals surface area contributed by atoms with Crippen LogP contribution < -0.4 is 11.1 Å². The molecule has 98 valence electrons. The fraction of sp³-hybridized carbons (Fsp3) is 0.154. The van der Waals surface area contributed by atoms with Gasteiger partial charge in [-0.25, -0.2) is 0 Å². The minimum absolute atomic E-state index is 0.0296. The van der Waals surface area contributed by atoms with Crippen molar-refractivity contribution in [2.24, 2.45) is 5.73 Å². The van der Waals surface area contributed by atoms with Gasteiger partial charge >= 0.3 is 0 Å². The molecule has 0 aliphatic rings. The molecule has 0 spiro atoms. The third-order valence-corrected chi connectivity index (χ3v) is 2.53. The van der Waals surface area contributed by atoms with Crippen LogP contribution in [0.3, 0.4) is 0 Å². The van der Waals surface area contributed by atoms with Crippen LogP contribution in [0, 0.1) is 0 Å². The first kappa shape index (κ1) is 12.8. The van der Waals surface area contributed by atoms with Crippen molar-refractivity contribution in [3.63, 3.8) is 0 Å². The highest BCUT2D eigenvalue weighted by atomic mass is 16.2. The zero-order valence-corrected chi connectivity index (χ0v) is 10.2. The molecule has 0 bridgehead atoms. The molecule has 6 heteroatoms. The first-order chi connectivity index (χ1) is 9.15. The van der Waals surface area contributed by atoms with Gasteiger partial charge in [-0.2, -0.15) is 5.10 Å². The van der Waals surface area contributed by atoms with E-state index in [0.717, 1.165) is 11.3 Å². The highest BCUT2D eigenvalue weighted by Crippen LogP contribution is 2.19. The molecule has 0 unspecified atom stereocenters. The number of amides is 2. The van der Waals surface area contributed by atoms with E-state index in [1.54, 1.807) is 6.07 Å². The largest absolute Gasteiger partial charge is 0.370 e. The van der Waals surface area contributed by atoms with Crippen LogP contribution in [0.1, 0.15) is 12.8 Å². The van der Waals surface area contributed by atoms with Crippen LogP contribution in [0.4, 0.5) is 5.82 Å². The quantitative estimate of drug-likeness (QED) is 0.753. The van der Waals surface area contributed by atoms with Gasteiger partial charge in [-0.15, -0.1) is 0 Å². The number of aromatic nitrogens is 2. The van der Waals surface area contributed by atoms with Crippen LogP contribution in [-0.2, 0) is 9.59 Å². The molecular weight excluding hydrogens is 244 g/mol. The number of aromatic amines is 1. The van der Waals surface area contributed by atoms with E-state index >= 15 is 0 Å². The molecule has 2 aromatic rings. The number of hydrogen-bond acceptors (Lipinski definition) is 3. The molecule has 2 rings (SSSR count). The SMILES string of the molecule is NC(=O)CCC(=O)Nc1cc(-c2ccccc2)[nH]n1. The van der Waals surface area contributed by atoms with E-state index in [-0.39, 0.29) is 18.7 Å². The Morgan fingerprint density at radius 1 is 1.21 bits per heavy atom. The molecule has 0 aliphatic heterocycles. The Hall–Kier alpha value is -2.63. The first-order valence-electron chi connectivity index (χ1n) is 5.84. The van der Waals surface area contributed by atoms with Gasteiger partial charge in [0, 0.05) is 18.9 Å². The van der Waals surface area contributed by atoms with Crippen molar-refractivity contribution < 1.29 is 9.59 Å². The van der Waals surface area contributed by atoms with Gasteiger partial charge < -0.3 is 11.1 Å². The molecular formula is C13H14N4O2. The normalized spacial score (nSPS) is 10.1. The molecule has 4 N–H and O–H groups in total. The molecule has 0 radical (unpaired) electrons. The van der Waals surface area contributed by atoms with Crippen molar-refractivity contribution >= 4 is 17.6 Å². The number of carbonyl (C=O) groups is 2. The van der Waals surface area contributed by atoms with Crippen molar-refractivity contribution in [2.45, 2.75) is 12.8 Å². The van der Waals surface area contributed by atoms with Crippen LogP contribution in [0.5, 0.6) is 0 Å². The molecule has 2 amide bonds. The summed E-state index contributed by atoms with van der Waals surface area (Å²) in [5.74, 6) is -0.361. The average Bonchev–Trinajstić information content (AvgIpc) is 2.86. The van der Waals surface area contributed by atoms with E-state index in [1.165, 1.54) is 0 Å². The number of rotatable bonds is 5. The predicted octanol–water partition coefficient (Wildman–Crippen LogP) is 1.28. The standard InChI is InChI=1S/C13H14N4O2/c14-11(18)6-7-13(19)15-12-8-10(16-17-12)9-4-2-1-3-5-9/h1-5,8H,6-7H2,(H2,14,18)(H2,15,16,17,19). The average molecular weight is 258 g/mol. The summed E-state index contributed by atoms with van der Waals surface area (Å²) in [5, 5.41) is 9.42. The van der Waals surface area contributed by atoms with Crippen LogP contribution in [0.15, 0.2) is 36.4 Å². The van der Waals surface area contributed by atoms with E-state index in [9.17, 15) is 9.59 Å². The Labute approximate surface area is 110 Å². The number of benzene rings is 1. The first-order valence-corrected chi connectivity index (χ1v) is 5.84. The molecule has 6 nitrogen and oxygen atoms in total. The molecule has 1 aromatic heterocycles. The van der Waals surface area contributed by atoms with Gasteiger partial charge in [0.2, 0.25) is 11.8 Å². The van der Waals surface area contributed by atoms with E-state index in [4.69, 9.17) is 5.73 Å². The second-order valence-electron chi connectivity index (χ2n) is 4.05. The lowest BCUT2D eigenvalue weighted by Crippen LogP contribution is -2.17. The van der Waals surface area contributed by atoms with E-state index in [0.29, 0.717) is 5.82 Å². The van der Waals surface area contributed by atoms with Gasteiger partial charge in [0.1, 0.15) is 0 Å². The zero-order valence-electron chi connectivity index (χ0n) is 10.2. The summed E-state index contributed by atoms with van der Waals surface area (Å²) >= 11 is 0. The predicted molar refractivity (Wildman–Crippen MR) is 71.1 cm³/mol. The van der Waals surface area contributed by atoms with Crippen molar-refractivity contribution in [2.75, 3.05) is 5.32 Å². The van der Waals surface area contributed by atoms with Gasteiger partial charge in [-0.3, -0.25) is 14.7 Å². The molecule has 19 heavy (non-hydrogen) atoms. The highest BCUT2D eigenvalue weighted by molar-refractivity contribution is 5.92. The lowest BCUT2D eigenvalue weighted by atomic mass is 10.1.